The van der Waals surface area contributed by atoms with Crippen LogP contribution in [0, 0.1) is 5.92 Å². The largest absolute Gasteiger partial charge is 0.461 e. The molecule has 1 aromatic heterocycles. The Morgan fingerprint density at radius 2 is 1.80 bits per heavy atom. The smallest absolute Gasteiger partial charge is 0.318 e. The summed E-state index contributed by atoms with van der Waals surface area (Å²) in [6, 6.07) is 13.8. The van der Waals surface area contributed by atoms with Gasteiger partial charge in [-0.05, 0) is 81.0 Å². The number of ether oxygens (including phenoxy) is 1. The number of aliphatic hydroxyl groups is 1. The van der Waals surface area contributed by atoms with Crippen molar-refractivity contribution < 1.29 is 9.84 Å². The van der Waals surface area contributed by atoms with Gasteiger partial charge in [-0.3, -0.25) is 4.90 Å². The van der Waals surface area contributed by atoms with Crippen LogP contribution in [0.3, 0.4) is 0 Å². The Morgan fingerprint density at radius 3 is 2.58 bits per heavy atom. The molecular formula is C33H43N5O2. The van der Waals surface area contributed by atoms with Gasteiger partial charge in [-0.2, -0.15) is 9.97 Å². The first-order chi connectivity index (χ1) is 19.5. The van der Waals surface area contributed by atoms with Gasteiger partial charge in [0.05, 0.1) is 23.9 Å². The number of hydrogen-bond acceptors (Lipinski definition) is 7. The zero-order valence-corrected chi connectivity index (χ0v) is 24.1. The van der Waals surface area contributed by atoms with E-state index < -0.39 is 0 Å². The highest BCUT2D eigenvalue weighted by atomic mass is 16.5. The highest BCUT2D eigenvalue weighted by Crippen LogP contribution is 2.40. The zero-order chi connectivity index (χ0) is 27.3. The van der Waals surface area contributed by atoms with Crippen molar-refractivity contribution in [2.75, 3.05) is 49.1 Å². The van der Waals surface area contributed by atoms with Crippen LogP contribution < -0.4 is 14.5 Å². The summed E-state index contributed by atoms with van der Waals surface area (Å²) in [6.07, 6.45) is 7.33. The van der Waals surface area contributed by atoms with Gasteiger partial charge in [0.1, 0.15) is 12.4 Å². The summed E-state index contributed by atoms with van der Waals surface area (Å²) in [7, 11) is 0. The number of benzene rings is 2. The summed E-state index contributed by atoms with van der Waals surface area (Å²) >= 11 is 0. The maximum atomic E-state index is 10.6. The average molecular weight is 542 g/mol. The molecule has 3 fully saturated rings. The third-order valence-corrected chi connectivity index (χ3v) is 9.93. The number of fused-ring (bicyclic) bond motifs is 3. The number of aromatic nitrogens is 2. The summed E-state index contributed by atoms with van der Waals surface area (Å²) in [6.45, 7) is 10.7. The van der Waals surface area contributed by atoms with Gasteiger partial charge in [-0.1, -0.05) is 44.2 Å². The molecule has 2 atom stereocenters. The van der Waals surface area contributed by atoms with Crippen molar-refractivity contribution in [1.82, 2.24) is 14.9 Å². The number of nitrogens with zero attached hydrogens (tertiary/aromatic N) is 5. The summed E-state index contributed by atoms with van der Waals surface area (Å²) < 4.78 is 6.52. The van der Waals surface area contributed by atoms with Crippen LogP contribution in [0.5, 0.6) is 6.01 Å². The molecule has 4 aliphatic heterocycles. The standard InChI is InChI=1S/C33H43N5O2/c1-3-24-8-4-9-25-10-5-11-29(30(24)25)36-17-12-27-28(21-36)34-32(35-31(27)37-19-23(2)18-26(39)20-37)40-22-33-13-6-15-38(33)16-7-14-33/h4-5,8-11,23,26,39H,3,6-7,12-22H2,1-2H3/t23-,26+/m0/s1. The van der Waals surface area contributed by atoms with Crippen LogP contribution in [0.2, 0.25) is 0 Å². The highest BCUT2D eigenvalue weighted by Gasteiger charge is 2.45. The van der Waals surface area contributed by atoms with Gasteiger partial charge in [0.2, 0.25) is 0 Å². The molecule has 0 unspecified atom stereocenters. The molecule has 0 aliphatic carbocycles. The monoisotopic (exact) mass is 541 g/mol. The summed E-state index contributed by atoms with van der Waals surface area (Å²) in [5, 5.41) is 13.3. The molecule has 212 valence electrons. The maximum absolute atomic E-state index is 10.6. The minimum atomic E-state index is -0.327. The van der Waals surface area contributed by atoms with E-state index in [-0.39, 0.29) is 11.6 Å². The lowest BCUT2D eigenvalue weighted by Crippen LogP contribution is -2.45. The molecule has 0 amide bonds. The molecule has 7 heteroatoms. The quantitative estimate of drug-likeness (QED) is 0.473. The number of piperidine rings is 1. The lowest BCUT2D eigenvalue weighted by molar-refractivity contribution is 0.107. The van der Waals surface area contributed by atoms with Gasteiger partial charge in [-0.25, -0.2) is 0 Å². The van der Waals surface area contributed by atoms with E-state index >= 15 is 0 Å². The number of β-amino-alcohol motifs (C(OH)–C–C–N with tert-alkyl or cyclic N) is 1. The van der Waals surface area contributed by atoms with Gasteiger partial charge in [0.15, 0.2) is 0 Å². The third kappa shape index (κ3) is 4.61. The first kappa shape index (κ1) is 26.0. The summed E-state index contributed by atoms with van der Waals surface area (Å²) in [5.41, 5.74) is 5.12. The fraction of sp³-hybridized carbons (Fsp3) is 0.576. The molecule has 7 nitrogen and oxygen atoms in total. The molecule has 0 saturated carbocycles. The Kier molecular flexibility index (Phi) is 6.83. The van der Waals surface area contributed by atoms with Crippen LogP contribution in [0.25, 0.3) is 10.8 Å². The SMILES string of the molecule is CCc1cccc2cccc(N3CCc4c(nc(OCC56CCCN5CCC6)nc4N4C[C@@H](C)C[C@@H](O)C4)C3)c12. The second-order valence-electron chi connectivity index (χ2n) is 12.7. The van der Waals surface area contributed by atoms with Gasteiger partial charge in [-0.15, -0.1) is 0 Å². The molecule has 40 heavy (non-hydrogen) atoms. The first-order valence-corrected chi connectivity index (χ1v) is 15.5. The van der Waals surface area contributed by atoms with E-state index in [2.05, 4.69) is 64.9 Å². The Bertz CT molecular complexity index is 1370. The van der Waals surface area contributed by atoms with E-state index in [0.29, 0.717) is 25.1 Å². The number of hydrogen-bond donors (Lipinski definition) is 1. The average Bonchev–Trinajstić information content (AvgIpc) is 3.55. The van der Waals surface area contributed by atoms with E-state index in [1.165, 1.54) is 66.4 Å². The fourth-order valence-electron chi connectivity index (χ4n) is 8.03. The van der Waals surface area contributed by atoms with Crippen molar-refractivity contribution in [3.63, 3.8) is 0 Å². The Balaban J connectivity index is 1.24. The normalized spacial score (nSPS) is 24.4. The number of aliphatic hydroxyl groups excluding tert-OH is 1. The van der Waals surface area contributed by atoms with Crippen LogP contribution in [-0.2, 0) is 19.4 Å². The minimum Gasteiger partial charge on any atom is -0.461 e. The Morgan fingerprint density at radius 1 is 1.00 bits per heavy atom. The molecule has 3 aromatic rings. The Hall–Kier alpha value is -2.90. The molecule has 0 spiro atoms. The van der Waals surface area contributed by atoms with E-state index in [0.717, 1.165) is 50.4 Å². The van der Waals surface area contributed by atoms with Crippen LogP contribution in [-0.4, -0.2) is 70.9 Å². The van der Waals surface area contributed by atoms with Crippen molar-refractivity contribution >= 4 is 22.3 Å². The van der Waals surface area contributed by atoms with Crippen LogP contribution in [0.1, 0.15) is 62.8 Å². The van der Waals surface area contributed by atoms with Crippen molar-refractivity contribution in [3.05, 3.63) is 53.2 Å². The number of aryl methyl sites for hydroxylation is 1. The molecule has 2 aromatic carbocycles. The van der Waals surface area contributed by atoms with Crippen LogP contribution in [0.15, 0.2) is 36.4 Å². The van der Waals surface area contributed by atoms with Crippen molar-refractivity contribution in [1.29, 1.82) is 0 Å². The van der Waals surface area contributed by atoms with E-state index in [4.69, 9.17) is 14.7 Å². The highest BCUT2D eigenvalue weighted by molar-refractivity contribution is 5.97. The molecule has 0 radical (unpaired) electrons. The molecule has 1 N–H and O–H groups in total. The molecule has 4 aliphatic rings. The molecule has 5 heterocycles. The summed E-state index contributed by atoms with van der Waals surface area (Å²) in [4.78, 5) is 17.6. The van der Waals surface area contributed by atoms with Gasteiger partial charge < -0.3 is 19.6 Å². The molecule has 3 saturated heterocycles. The first-order valence-electron chi connectivity index (χ1n) is 15.5. The maximum Gasteiger partial charge on any atom is 0.318 e. The van der Waals surface area contributed by atoms with Crippen molar-refractivity contribution in [3.8, 4) is 6.01 Å². The van der Waals surface area contributed by atoms with E-state index in [9.17, 15) is 5.11 Å². The van der Waals surface area contributed by atoms with Gasteiger partial charge in [0, 0.05) is 36.3 Å². The second kappa shape index (κ2) is 10.5. The number of rotatable bonds is 6. The fourth-order valence-corrected chi connectivity index (χ4v) is 8.03. The zero-order valence-electron chi connectivity index (χ0n) is 24.1. The third-order valence-electron chi connectivity index (χ3n) is 9.93. The van der Waals surface area contributed by atoms with E-state index in [1.807, 2.05) is 0 Å². The Labute approximate surface area is 238 Å². The molecule has 0 bridgehead atoms. The van der Waals surface area contributed by atoms with Crippen LogP contribution in [0.4, 0.5) is 11.5 Å². The molecular weight excluding hydrogens is 498 g/mol. The predicted octanol–water partition coefficient (Wildman–Crippen LogP) is 4.97. The molecule has 7 rings (SSSR count). The second-order valence-corrected chi connectivity index (χ2v) is 12.7. The van der Waals surface area contributed by atoms with Crippen molar-refractivity contribution in [2.24, 2.45) is 5.92 Å². The topological polar surface area (TPSA) is 65.0 Å². The summed E-state index contributed by atoms with van der Waals surface area (Å²) in [5.74, 6) is 1.40. The van der Waals surface area contributed by atoms with E-state index in [1.54, 1.807) is 0 Å². The predicted molar refractivity (Wildman–Crippen MR) is 160 cm³/mol. The van der Waals surface area contributed by atoms with Gasteiger partial charge in [0.25, 0.3) is 0 Å². The van der Waals surface area contributed by atoms with Gasteiger partial charge >= 0.3 is 6.01 Å². The van der Waals surface area contributed by atoms with Crippen molar-refractivity contribution in [2.45, 2.75) is 77.0 Å². The number of anilines is 2. The lowest BCUT2D eigenvalue weighted by Gasteiger charge is -2.38. The lowest BCUT2D eigenvalue weighted by atomic mass is 9.95. The minimum absolute atomic E-state index is 0.154. The van der Waals surface area contributed by atoms with Crippen LogP contribution >= 0.6 is 0 Å².